The van der Waals surface area contributed by atoms with E-state index in [1.165, 1.54) is 28.6 Å². The molecule has 4 rings (SSSR count). The monoisotopic (exact) mass is 592 g/mol. The van der Waals surface area contributed by atoms with Gasteiger partial charge in [-0.05, 0) is 67.9 Å². The number of amides is 1. The molecule has 1 saturated carbocycles. The van der Waals surface area contributed by atoms with E-state index < -0.39 is 26.8 Å². The Kier molecular flexibility index (Phi) is 9.59. The van der Waals surface area contributed by atoms with Crippen molar-refractivity contribution in [3.8, 4) is 0 Å². The van der Waals surface area contributed by atoms with Crippen molar-refractivity contribution in [2.45, 2.75) is 62.7 Å². The number of benzene rings is 3. The molecule has 1 amide bonds. The number of aryl methyl sites for hydroxylation is 1. The van der Waals surface area contributed by atoms with E-state index >= 15 is 0 Å². The van der Waals surface area contributed by atoms with Crippen molar-refractivity contribution >= 4 is 27.5 Å². The maximum atomic E-state index is 13.6. The zero-order valence-electron chi connectivity index (χ0n) is 22.1. The minimum Gasteiger partial charge on any atom is -0.353 e. The molecule has 3 aromatic carbocycles. The van der Waals surface area contributed by atoms with E-state index in [1.807, 2.05) is 31.2 Å². The van der Waals surface area contributed by atoms with Gasteiger partial charge in [0.2, 0.25) is 15.9 Å². The summed E-state index contributed by atoms with van der Waals surface area (Å²) in [6, 6.07) is 19.2. The van der Waals surface area contributed by atoms with E-state index in [0.717, 1.165) is 17.2 Å². The quantitative estimate of drug-likeness (QED) is 0.298. The summed E-state index contributed by atoms with van der Waals surface area (Å²) in [4.78, 5) is 12.6. The van der Waals surface area contributed by atoms with E-state index in [0.29, 0.717) is 32.1 Å². The van der Waals surface area contributed by atoms with Gasteiger partial charge in [0.05, 0.1) is 21.9 Å². The second-order valence-corrected chi connectivity index (χ2v) is 12.7. The first kappa shape index (κ1) is 30.1. The Morgan fingerprint density at radius 1 is 0.950 bits per heavy atom. The van der Waals surface area contributed by atoms with Gasteiger partial charge in [-0.25, -0.2) is 8.42 Å². The molecule has 0 radical (unpaired) electrons. The topological polar surface area (TPSA) is 66.5 Å². The van der Waals surface area contributed by atoms with Crippen LogP contribution >= 0.6 is 11.6 Å². The van der Waals surface area contributed by atoms with Crippen molar-refractivity contribution in [1.82, 2.24) is 9.62 Å². The largest absolute Gasteiger partial charge is 0.417 e. The van der Waals surface area contributed by atoms with Gasteiger partial charge in [0.1, 0.15) is 0 Å². The van der Waals surface area contributed by atoms with Crippen LogP contribution in [0.3, 0.4) is 0 Å². The molecule has 1 aliphatic carbocycles. The third-order valence-corrected chi connectivity index (χ3v) is 9.54. The highest BCUT2D eigenvalue weighted by atomic mass is 35.5. The predicted octanol–water partition coefficient (Wildman–Crippen LogP) is 6.78. The second-order valence-electron chi connectivity index (χ2n) is 10.3. The van der Waals surface area contributed by atoms with Crippen molar-refractivity contribution in [2.75, 3.05) is 6.54 Å². The number of rotatable bonds is 9. The Labute approximate surface area is 238 Å². The molecule has 0 heterocycles. The Balaban J connectivity index is 1.45. The van der Waals surface area contributed by atoms with Crippen LogP contribution in [-0.4, -0.2) is 31.2 Å². The summed E-state index contributed by atoms with van der Waals surface area (Å²) >= 11 is 6.13. The molecule has 214 valence electrons. The summed E-state index contributed by atoms with van der Waals surface area (Å²) in [7, 11) is -4.01. The van der Waals surface area contributed by atoms with Crippen LogP contribution in [0, 0.1) is 12.8 Å². The van der Waals surface area contributed by atoms with Crippen LogP contribution < -0.4 is 5.32 Å². The zero-order chi connectivity index (χ0) is 28.9. The molecule has 0 aromatic heterocycles. The van der Waals surface area contributed by atoms with E-state index in [1.54, 1.807) is 18.2 Å². The lowest BCUT2D eigenvalue weighted by molar-refractivity contribution is -0.137. The van der Waals surface area contributed by atoms with E-state index in [2.05, 4.69) is 5.32 Å². The Bertz CT molecular complexity index is 1410. The van der Waals surface area contributed by atoms with Crippen LogP contribution in [0.1, 0.15) is 47.9 Å². The summed E-state index contributed by atoms with van der Waals surface area (Å²) in [6.45, 7) is 1.84. The lowest BCUT2D eigenvalue weighted by atomic mass is 9.86. The predicted molar refractivity (Wildman–Crippen MR) is 149 cm³/mol. The fourth-order valence-corrected chi connectivity index (χ4v) is 6.86. The minimum atomic E-state index is -4.65. The van der Waals surface area contributed by atoms with Crippen molar-refractivity contribution in [1.29, 1.82) is 0 Å². The third-order valence-electron chi connectivity index (χ3n) is 7.27. The van der Waals surface area contributed by atoms with Crippen LogP contribution in [0.5, 0.6) is 0 Å². The number of sulfonamides is 1. The average molecular weight is 593 g/mol. The van der Waals surface area contributed by atoms with Crippen LogP contribution in [-0.2, 0) is 34.0 Å². The smallest absolute Gasteiger partial charge is 0.353 e. The van der Waals surface area contributed by atoms with Crippen molar-refractivity contribution in [3.05, 3.63) is 100 Å². The number of alkyl halides is 3. The molecule has 0 bridgehead atoms. The molecule has 10 heteroatoms. The molecule has 5 nitrogen and oxygen atoms in total. The fraction of sp³-hybridized carbons (Fsp3) is 0.367. The number of nitrogens with one attached hydrogen (secondary N) is 1. The van der Waals surface area contributed by atoms with Gasteiger partial charge >= 0.3 is 6.18 Å². The Morgan fingerprint density at radius 3 is 2.23 bits per heavy atom. The van der Waals surface area contributed by atoms with Crippen LogP contribution in [0.15, 0.2) is 77.7 Å². The van der Waals surface area contributed by atoms with E-state index in [-0.39, 0.29) is 41.4 Å². The number of carbonyl (C=O) groups is 1. The van der Waals surface area contributed by atoms with Gasteiger partial charge in [-0.15, -0.1) is 0 Å². The summed E-state index contributed by atoms with van der Waals surface area (Å²) in [5, 5.41) is 2.59. The van der Waals surface area contributed by atoms with Crippen molar-refractivity contribution in [3.63, 3.8) is 0 Å². The molecule has 40 heavy (non-hydrogen) atoms. The first-order valence-corrected chi connectivity index (χ1v) is 15.0. The van der Waals surface area contributed by atoms with Crippen LogP contribution in [0.25, 0.3) is 0 Å². The molecule has 0 spiro atoms. The van der Waals surface area contributed by atoms with Gasteiger partial charge in [0, 0.05) is 19.1 Å². The molecule has 0 atom stereocenters. The highest BCUT2D eigenvalue weighted by Crippen LogP contribution is 2.37. The zero-order valence-corrected chi connectivity index (χ0v) is 23.7. The second kappa shape index (κ2) is 12.7. The summed E-state index contributed by atoms with van der Waals surface area (Å²) in [6.07, 6.45) is -1.64. The van der Waals surface area contributed by atoms with Gasteiger partial charge in [0.15, 0.2) is 0 Å². The third kappa shape index (κ3) is 7.65. The lowest BCUT2D eigenvalue weighted by Crippen LogP contribution is -2.41. The molecular formula is C30H32ClF3N2O3S. The van der Waals surface area contributed by atoms with E-state index in [9.17, 15) is 26.4 Å². The molecule has 1 N–H and O–H groups in total. The van der Waals surface area contributed by atoms with Crippen LogP contribution in [0.4, 0.5) is 13.2 Å². The fourth-order valence-electron chi connectivity index (χ4n) is 5.05. The highest BCUT2D eigenvalue weighted by Gasteiger charge is 2.35. The molecule has 3 aromatic rings. The Hall–Kier alpha value is -2.88. The van der Waals surface area contributed by atoms with Crippen molar-refractivity contribution in [2.24, 2.45) is 5.92 Å². The summed E-state index contributed by atoms with van der Waals surface area (Å²) < 4.78 is 68.8. The van der Waals surface area contributed by atoms with Crippen molar-refractivity contribution < 1.29 is 26.4 Å². The standard InChI is InChI=1S/C30H32ClF3N2O3S/c1-21-10-12-22(13-11-21)18-28(37)35-25-16-14-23(15-17-25)19-36(40(38,39)26-7-3-2-4-8-26)20-24-6-5-9-27(29(24)31)30(32,33)34/h2-13,23,25H,14-20H2,1H3,(H,35,37). The van der Waals surface area contributed by atoms with Gasteiger partial charge < -0.3 is 5.32 Å². The lowest BCUT2D eigenvalue weighted by Gasteiger charge is -2.33. The molecule has 1 fully saturated rings. The maximum absolute atomic E-state index is 13.6. The van der Waals surface area contributed by atoms with Gasteiger partial charge in [-0.2, -0.15) is 17.5 Å². The minimum absolute atomic E-state index is 0.00806. The van der Waals surface area contributed by atoms with Gasteiger partial charge in [-0.3, -0.25) is 4.79 Å². The Morgan fingerprint density at radius 2 is 1.60 bits per heavy atom. The number of carbonyl (C=O) groups excluding carboxylic acids is 1. The molecular weight excluding hydrogens is 561 g/mol. The first-order valence-electron chi connectivity index (χ1n) is 13.2. The van der Waals surface area contributed by atoms with Crippen LogP contribution in [0.2, 0.25) is 5.02 Å². The summed E-state index contributed by atoms with van der Waals surface area (Å²) in [5.74, 6) is -0.0758. The number of nitrogens with zero attached hydrogens (tertiary/aromatic N) is 1. The number of hydrogen-bond donors (Lipinski definition) is 1. The molecule has 0 aliphatic heterocycles. The molecule has 1 aliphatic rings. The van der Waals surface area contributed by atoms with E-state index in [4.69, 9.17) is 11.6 Å². The maximum Gasteiger partial charge on any atom is 0.417 e. The summed E-state index contributed by atoms with van der Waals surface area (Å²) in [5.41, 5.74) is 1.16. The number of hydrogen-bond acceptors (Lipinski definition) is 3. The number of halogens is 4. The van der Waals surface area contributed by atoms with Gasteiger partial charge in [0.25, 0.3) is 0 Å². The van der Waals surface area contributed by atoms with Gasteiger partial charge in [-0.1, -0.05) is 71.8 Å². The first-order chi connectivity index (χ1) is 18.9. The molecule has 0 saturated heterocycles. The molecule has 0 unspecified atom stereocenters. The average Bonchev–Trinajstić information content (AvgIpc) is 2.91. The highest BCUT2D eigenvalue weighted by molar-refractivity contribution is 7.89. The normalized spacial score (nSPS) is 18.1. The SMILES string of the molecule is Cc1ccc(CC(=O)NC2CCC(CN(Cc3cccc(C(F)(F)F)c3Cl)S(=O)(=O)c3ccccc3)CC2)cc1.